The van der Waals surface area contributed by atoms with Crippen molar-refractivity contribution < 1.29 is 14.3 Å². The van der Waals surface area contributed by atoms with Gasteiger partial charge in [0.15, 0.2) is 0 Å². The van der Waals surface area contributed by atoms with Gasteiger partial charge in [-0.05, 0) is 50.0 Å². The molecule has 29 heavy (non-hydrogen) atoms. The third-order valence-corrected chi connectivity index (χ3v) is 5.24. The Kier molecular flexibility index (Phi) is 6.86. The number of amides is 1. The zero-order chi connectivity index (χ0) is 20.8. The number of aromatic nitrogens is 2. The summed E-state index contributed by atoms with van der Waals surface area (Å²) in [5, 5.41) is 0.921. The number of fused-ring (bicyclic) bond motifs is 1. The Bertz CT molecular complexity index is 955. The van der Waals surface area contributed by atoms with E-state index in [1.807, 2.05) is 43.2 Å². The maximum absolute atomic E-state index is 13.0. The number of rotatable bonds is 7. The number of pyridine rings is 1. The molecule has 0 bridgehead atoms. The number of unbranched alkanes of at least 4 members (excludes halogenated alkanes) is 2. The van der Waals surface area contributed by atoms with Crippen LogP contribution in [0.25, 0.3) is 11.0 Å². The molecule has 0 spiro atoms. The second-order valence-corrected chi connectivity index (χ2v) is 7.36. The lowest BCUT2D eigenvalue weighted by atomic mass is 9.92. The van der Waals surface area contributed by atoms with Crippen LogP contribution in [0, 0.1) is 0 Å². The lowest BCUT2D eigenvalue weighted by molar-refractivity contribution is -0.138. The van der Waals surface area contributed by atoms with Gasteiger partial charge in [-0.15, -0.1) is 0 Å². The molecule has 3 rings (SSSR count). The average Bonchev–Trinajstić information content (AvgIpc) is 3.19. The summed E-state index contributed by atoms with van der Waals surface area (Å²) in [4.78, 5) is 34.7. The highest BCUT2D eigenvalue weighted by Gasteiger charge is 2.26. The first-order valence-corrected chi connectivity index (χ1v) is 10.3. The van der Waals surface area contributed by atoms with E-state index in [1.165, 1.54) is 0 Å². The monoisotopic (exact) mass is 395 g/mol. The first-order chi connectivity index (χ1) is 14.0. The minimum atomic E-state index is -0.264. The van der Waals surface area contributed by atoms with Crippen LogP contribution in [0.5, 0.6) is 0 Å². The summed E-state index contributed by atoms with van der Waals surface area (Å²) in [6, 6.07) is 3.77. The maximum atomic E-state index is 13.0. The predicted molar refractivity (Wildman–Crippen MR) is 114 cm³/mol. The van der Waals surface area contributed by atoms with Crippen molar-refractivity contribution in [2.24, 2.45) is 0 Å². The quantitative estimate of drug-likeness (QED) is 0.428. The number of ether oxygens (including phenoxy) is 1. The molecular weight excluding hydrogens is 366 g/mol. The number of hydrogen-bond acceptors (Lipinski definition) is 4. The van der Waals surface area contributed by atoms with E-state index in [0.717, 1.165) is 41.4 Å². The molecule has 0 atom stereocenters. The number of carbonyl (C=O) groups excluding carboxylic acids is 2. The van der Waals surface area contributed by atoms with E-state index in [0.29, 0.717) is 37.3 Å². The average molecular weight is 396 g/mol. The Balaban J connectivity index is 1.79. The van der Waals surface area contributed by atoms with Crippen LogP contribution in [0.3, 0.4) is 0 Å². The number of nitrogens with one attached hydrogen (secondary N) is 1. The van der Waals surface area contributed by atoms with Gasteiger partial charge in [-0.3, -0.25) is 4.79 Å². The molecule has 2 aromatic heterocycles. The first-order valence-electron chi connectivity index (χ1n) is 10.3. The van der Waals surface area contributed by atoms with Gasteiger partial charge < -0.3 is 14.6 Å². The van der Waals surface area contributed by atoms with Gasteiger partial charge in [0, 0.05) is 30.9 Å². The van der Waals surface area contributed by atoms with Crippen LogP contribution in [0.2, 0.25) is 0 Å². The molecule has 6 nitrogen and oxygen atoms in total. The molecule has 0 saturated carbocycles. The molecule has 0 fully saturated rings. The van der Waals surface area contributed by atoms with Gasteiger partial charge in [0.2, 0.25) is 0 Å². The van der Waals surface area contributed by atoms with Crippen LogP contribution in [-0.2, 0) is 9.53 Å². The highest BCUT2D eigenvalue weighted by molar-refractivity contribution is 5.98. The number of H-pyrrole nitrogens is 1. The summed E-state index contributed by atoms with van der Waals surface area (Å²) in [5.41, 5.74) is 4.08. The third kappa shape index (κ3) is 4.75. The molecule has 154 valence electrons. The SMILES string of the molecule is CCCC/C=C(/C(=O)OCC)C1=C(C)CN(C(=O)c2cnc3[nH]ccc3c2)CC1. The second-order valence-electron chi connectivity index (χ2n) is 7.36. The Morgan fingerprint density at radius 3 is 2.90 bits per heavy atom. The summed E-state index contributed by atoms with van der Waals surface area (Å²) in [7, 11) is 0. The molecule has 2 aromatic rings. The Morgan fingerprint density at radius 2 is 2.17 bits per heavy atom. The van der Waals surface area contributed by atoms with E-state index in [9.17, 15) is 9.59 Å². The molecule has 0 unspecified atom stereocenters. The topological polar surface area (TPSA) is 75.3 Å². The zero-order valence-corrected chi connectivity index (χ0v) is 17.5. The van der Waals surface area contributed by atoms with Gasteiger partial charge in [-0.25, -0.2) is 9.78 Å². The largest absolute Gasteiger partial charge is 0.462 e. The molecule has 1 aliphatic heterocycles. The summed E-state index contributed by atoms with van der Waals surface area (Å²) >= 11 is 0. The lowest BCUT2D eigenvalue weighted by Gasteiger charge is -2.30. The minimum absolute atomic E-state index is 0.0355. The fourth-order valence-electron chi connectivity index (χ4n) is 3.69. The van der Waals surface area contributed by atoms with Crippen LogP contribution in [-0.4, -0.2) is 46.4 Å². The first kappa shape index (κ1) is 20.8. The third-order valence-electron chi connectivity index (χ3n) is 5.24. The number of hydrogen-bond donors (Lipinski definition) is 1. The molecule has 3 heterocycles. The van der Waals surface area contributed by atoms with Crippen molar-refractivity contribution in [2.45, 2.75) is 46.5 Å². The fourth-order valence-corrected chi connectivity index (χ4v) is 3.69. The van der Waals surface area contributed by atoms with Crippen LogP contribution >= 0.6 is 0 Å². The van der Waals surface area contributed by atoms with Gasteiger partial charge in [0.05, 0.1) is 17.7 Å². The van der Waals surface area contributed by atoms with E-state index in [2.05, 4.69) is 16.9 Å². The van der Waals surface area contributed by atoms with Crippen molar-refractivity contribution >= 4 is 22.9 Å². The standard InChI is InChI=1S/C23H29N3O3/c1-4-6-7-8-20(23(28)29-5-2)19-10-12-26(15-16(19)3)22(27)18-13-17-9-11-24-21(17)25-14-18/h8-9,11,13-14H,4-7,10,12,15H2,1-3H3,(H,24,25)/b20-8+. The summed E-state index contributed by atoms with van der Waals surface area (Å²) in [6.07, 6.45) is 9.04. The maximum Gasteiger partial charge on any atom is 0.338 e. The van der Waals surface area contributed by atoms with Crippen LogP contribution in [0.15, 0.2) is 47.3 Å². The minimum Gasteiger partial charge on any atom is -0.462 e. The summed E-state index contributed by atoms with van der Waals surface area (Å²) in [5.74, 6) is -0.300. The van der Waals surface area contributed by atoms with Crippen molar-refractivity contribution in [1.29, 1.82) is 0 Å². The van der Waals surface area contributed by atoms with Crippen molar-refractivity contribution in [3.05, 3.63) is 52.9 Å². The smallest absolute Gasteiger partial charge is 0.338 e. The normalized spacial score (nSPS) is 15.1. The van der Waals surface area contributed by atoms with E-state index in [-0.39, 0.29) is 11.9 Å². The number of carbonyl (C=O) groups is 2. The number of allylic oxidation sites excluding steroid dienone is 1. The molecule has 0 saturated heterocycles. The van der Waals surface area contributed by atoms with Gasteiger partial charge in [0.25, 0.3) is 5.91 Å². The van der Waals surface area contributed by atoms with Gasteiger partial charge >= 0.3 is 5.97 Å². The molecule has 0 aliphatic carbocycles. The molecule has 1 aliphatic rings. The number of aromatic amines is 1. The fraction of sp³-hybridized carbons (Fsp3) is 0.435. The lowest BCUT2D eigenvalue weighted by Crippen LogP contribution is -2.37. The Morgan fingerprint density at radius 1 is 1.34 bits per heavy atom. The van der Waals surface area contributed by atoms with Crippen molar-refractivity contribution in [3.63, 3.8) is 0 Å². The van der Waals surface area contributed by atoms with E-state index < -0.39 is 0 Å². The highest BCUT2D eigenvalue weighted by Crippen LogP contribution is 2.27. The van der Waals surface area contributed by atoms with Crippen LogP contribution in [0.1, 0.15) is 56.8 Å². The van der Waals surface area contributed by atoms with Gasteiger partial charge in [-0.2, -0.15) is 0 Å². The molecule has 1 N–H and O–H groups in total. The summed E-state index contributed by atoms with van der Waals surface area (Å²) < 4.78 is 5.28. The number of nitrogens with zero attached hydrogens (tertiary/aromatic N) is 2. The molecule has 1 amide bonds. The van der Waals surface area contributed by atoms with Crippen molar-refractivity contribution in [3.8, 4) is 0 Å². The van der Waals surface area contributed by atoms with Crippen molar-refractivity contribution in [2.75, 3.05) is 19.7 Å². The Hall–Kier alpha value is -2.89. The van der Waals surface area contributed by atoms with E-state index >= 15 is 0 Å². The van der Waals surface area contributed by atoms with Crippen LogP contribution < -0.4 is 0 Å². The molecule has 0 aromatic carbocycles. The second kappa shape index (κ2) is 9.54. The van der Waals surface area contributed by atoms with Gasteiger partial charge in [0.1, 0.15) is 5.65 Å². The van der Waals surface area contributed by atoms with Gasteiger partial charge in [-0.1, -0.05) is 25.8 Å². The predicted octanol–water partition coefficient (Wildman–Crippen LogP) is 4.41. The van der Waals surface area contributed by atoms with E-state index in [4.69, 9.17) is 4.74 Å². The summed E-state index contributed by atoms with van der Waals surface area (Å²) in [6.45, 7) is 7.38. The van der Waals surface area contributed by atoms with E-state index in [1.54, 1.807) is 6.20 Å². The molecule has 6 heteroatoms. The number of esters is 1. The Labute approximate surface area is 171 Å². The molecule has 0 radical (unpaired) electrons. The van der Waals surface area contributed by atoms with Crippen molar-refractivity contribution in [1.82, 2.24) is 14.9 Å². The zero-order valence-electron chi connectivity index (χ0n) is 17.5. The molecular formula is C23H29N3O3. The highest BCUT2D eigenvalue weighted by atomic mass is 16.5. The van der Waals surface area contributed by atoms with Crippen LogP contribution in [0.4, 0.5) is 0 Å².